The van der Waals surface area contributed by atoms with Gasteiger partial charge in [-0.05, 0) is 6.07 Å². The topological polar surface area (TPSA) is 30.2 Å². The summed E-state index contributed by atoms with van der Waals surface area (Å²) >= 11 is 5.90. The fourth-order valence-electron chi connectivity index (χ4n) is 1.19. The second-order valence-electron chi connectivity index (χ2n) is 2.80. The van der Waals surface area contributed by atoms with Crippen molar-refractivity contribution in [2.24, 2.45) is 0 Å². The summed E-state index contributed by atoms with van der Waals surface area (Å²) in [6.45, 7) is 0. The molecule has 0 aliphatic carbocycles. The molecule has 0 saturated carbocycles. The van der Waals surface area contributed by atoms with Crippen LogP contribution in [0, 0.1) is 0 Å². The average molecular weight is 207 g/mol. The van der Waals surface area contributed by atoms with E-state index >= 15 is 0 Å². The highest BCUT2D eigenvalue weighted by molar-refractivity contribution is 6.32. The minimum Gasteiger partial charge on any atom is -0.421 e. The summed E-state index contributed by atoms with van der Waals surface area (Å²) in [6.07, 6.45) is 0. The number of halogens is 1. The molecule has 14 heavy (non-hydrogen) atoms. The van der Waals surface area contributed by atoms with Crippen LogP contribution in [0.5, 0.6) is 0 Å². The van der Waals surface area contributed by atoms with E-state index in [-0.39, 0.29) is 0 Å². The fourth-order valence-corrected chi connectivity index (χ4v) is 1.40. The number of rotatable bonds is 1. The van der Waals surface area contributed by atoms with Crippen LogP contribution in [0.25, 0.3) is 11.3 Å². The molecule has 0 aliphatic heterocycles. The van der Waals surface area contributed by atoms with Crippen molar-refractivity contribution in [1.29, 1.82) is 0 Å². The molecule has 1 heterocycles. The van der Waals surface area contributed by atoms with Gasteiger partial charge in [0, 0.05) is 11.6 Å². The van der Waals surface area contributed by atoms with Gasteiger partial charge in [0.15, 0.2) is 5.76 Å². The number of benzene rings is 1. The minimum absolute atomic E-state index is 0.395. The van der Waals surface area contributed by atoms with Gasteiger partial charge in [-0.15, -0.1) is 0 Å². The van der Waals surface area contributed by atoms with E-state index in [1.165, 1.54) is 12.1 Å². The normalized spacial score (nSPS) is 10.1. The maximum absolute atomic E-state index is 11.0. The van der Waals surface area contributed by atoms with E-state index in [9.17, 15) is 4.79 Å². The molecule has 0 atom stereocenters. The molecule has 0 bridgehead atoms. The fraction of sp³-hybridized carbons (Fsp3) is 0. The second kappa shape index (κ2) is 3.68. The number of hydrogen-bond donors (Lipinski definition) is 0. The second-order valence-corrected chi connectivity index (χ2v) is 3.20. The highest BCUT2D eigenvalue weighted by Crippen LogP contribution is 2.25. The van der Waals surface area contributed by atoms with E-state index in [2.05, 4.69) is 0 Å². The van der Waals surface area contributed by atoms with E-state index in [0.29, 0.717) is 10.8 Å². The lowest BCUT2D eigenvalue weighted by atomic mass is 10.2. The van der Waals surface area contributed by atoms with Crippen LogP contribution in [0.4, 0.5) is 0 Å². The summed E-state index contributed by atoms with van der Waals surface area (Å²) < 4.78 is 5.01. The predicted molar refractivity (Wildman–Crippen MR) is 55.4 cm³/mol. The summed E-state index contributed by atoms with van der Waals surface area (Å²) in [7, 11) is 0. The first-order chi connectivity index (χ1) is 6.77. The minimum atomic E-state index is -0.395. The Balaban J connectivity index is 2.62. The van der Waals surface area contributed by atoms with E-state index in [1.54, 1.807) is 0 Å². The maximum atomic E-state index is 11.0. The Morgan fingerprint density at radius 2 is 1.71 bits per heavy atom. The molecule has 2 aromatic rings. The lowest BCUT2D eigenvalue weighted by molar-refractivity contribution is 0.526. The van der Waals surface area contributed by atoms with Crippen LogP contribution in [0.1, 0.15) is 0 Å². The molecule has 0 fully saturated rings. The van der Waals surface area contributed by atoms with Crippen molar-refractivity contribution in [3.63, 3.8) is 0 Å². The van der Waals surface area contributed by atoms with Crippen molar-refractivity contribution in [3.05, 3.63) is 57.9 Å². The molecular weight excluding hydrogens is 200 g/mol. The van der Waals surface area contributed by atoms with Gasteiger partial charge >= 0.3 is 5.63 Å². The SMILES string of the molecule is O=c1ccc(Cl)c(-c2ccccc2)o1. The third-order valence-electron chi connectivity index (χ3n) is 1.82. The van der Waals surface area contributed by atoms with Crippen LogP contribution >= 0.6 is 11.6 Å². The van der Waals surface area contributed by atoms with Gasteiger partial charge in [-0.1, -0.05) is 41.9 Å². The van der Waals surface area contributed by atoms with Gasteiger partial charge in [-0.2, -0.15) is 0 Å². The maximum Gasteiger partial charge on any atom is 0.336 e. The lowest BCUT2D eigenvalue weighted by Crippen LogP contribution is -1.96. The Morgan fingerprint density at radius 1 is 1.00 bits per heavy atom. The molecular formula is C11H7ClO2. The van der Waals surface area contributed by atoms with E-state index in [0.717, 1.165) is 5.56 Å². The average Bonchev–Trinajstić information content (AvgIpc) is 2.23. The van der Waals surface area contributed by atoms with Gasteiger partial charge in [0.2, 0.25) is 0 Å². The zero-order valence-corrected chi connectivity index (χ0v) is 7.99. The van der Waals surface area contributed by atoms with Crippen LogP contribution in [0.2, 0.25) is 5.02 Å². The van der Waals surface area contributed by atoms with Crippen molar-refractivity contribution in [3.8, 4) is 11.3 Å². The standard InChI is InChI=1S/C11H7ClO2/c12-9-6-7-10(13)14-11(9)8-4-2-1-3-5-8/h1-7H. The summed E-state index contributed by atoms with van der Waals surface area (Å²) in [5.74, 6) is 0.416. The van der Waals surface area contributed by atoms with Gasteiger partial charge in [-0.3, -0.25) is 0 Å². The molecule has 0 spiro atoms. The Bertz CT molecular complexity index is 488. The third kappa shape index (κ3) is 1.70. The van der Waals surface area contributed by atoms with Crippen molar-refractivity contribution < 1.29 is 4.42 Å². The first-order valence-electron chi connectivity index (χ1n) is 4.12. The first-order valence-corrected chi connectivity index (χ1v) is 4.50. The van der Waals surface area contributed by atoms with Crippen LogP contribution in [-0.4, -0.2) is 0 Å². The molecule has 1 aromatic carbocycles. The van der Waals surface area contributed by atoms with Gasteiger partial charge in [0.05, 0.1) is 5.02 Å². The largest absolute Gasteiger partial charge is 0.421 e. The molecule has 2 rings (SSSR count). The lowest BCUT2D eigenvalue weighted by Gasteiger charge is -2.00. The summed E-state index contributed by atoms with van der Waals surface area (Å²) in [6, 6.07) is 12.1. The quantitative estimate of drug-likeness (QED) is 0.718. The highest BCUT2D eigenvalue weighted by atomic mass is 35.5. The highest BCUT2D eigenvalue weighted by Gasteiger charge is 2.05. The molecule has 3 heteroatoms. The van der Waals surface area contributed by atoms with Crippen LogP contribution in [0.15, 0.2) is 51.7 Å². The molecule has 1 aromatic heterocycles. The monoisotopic (exact) mass is 206 g/mol. The Labute approximate surface area is 85.8 Å². The molecule has 0 radical (unpaired) electrons. The van der Waals surface area contributed by atoms with Crippen molar-refractivity contribution >= 4 is 11.6 Å². The predicted octanol–water partition coefficient (Wildman–Crippen LogP) is 2.96. The molecule has 0 saturated heterocycles. The molecule has 0 N–H and O–H groups in total. The summed E-state index contributed by atoms with van der Waals surface area (Å²) in [5.41, 5.74) is 0.406. The van der Waals surface area contributed by atoms with E-state index in [1.807, 2.05) is 30.3 Å². The van der Waals surface area contributed by atoms with Crippen LogP contribution in [-0.2, 0) is 0 Å². The van der Waals surface area contributed by atoms with Gasteiger partial charge in [-0.25, -0.2) is 4.79 Å². The van der Waals surface area contributed by atoms with Crippen molar-refractivity contribution in [1.82, 2.24) is 0 Å². The van der Waals surface area contributed by atoms with Gasteiger partial charge in [0.25, 0.3) is 0 Å². The Kier molecular flexibility index (Phi) is 2.37. The molecule has 0 unspecified atom stereocenters. The Hall–Kier alpha value is -1.54. The molecule has 2 nitrogen and oxygen atoms in total. The van der Waals surface area contributed by atoms with Crippen molar-refractivity contribution in [2.45, 2.75) is 0 Å². The zero-order chi connectivity index (χ0) is 9.97. The summed E-state index contributed by atoms with van der Waals surface area (Å²) in [5, 5.41) is 0.441. The smallest absolute Gasteiger partial charge is 0.336 e. The van der Waals surface area contributed by atoms with E-state index in [4.69, 9.17) is 16.0 Å². The van der Waals surface area contributed by atoms with E-state index < -0.39 is 5.63 Å². The van der Waals surface area contributed by atoms with Gasteiger partial charge in [0.1, 0.15) is 0 Å². The third-order valence-corrected chi connectivity index (χ3v) is 2.12. The molecule has 0 aliphatic rings. The summed E-state index contributed by atoms with van der Waals surface area (Å²) in [4.78, 5) is 11.0. The van der Waals surface area contributed by atoms with Gasteiger partial charge < -0.3 is 4.42 Å². The first kappa shape index (κ1) is 9.03. The zero-order valence-electron chi connectivity index (χ0n) is 7.24. The van der Waals surface area contributed by atoms with Crippen LogP contribution in [0.3, 0.4) is 0 Å². The van der Waals surface area contributed by atoms with Crippen molar-refractivity contribution in [2.75, 3.05) is 0 Å². The van der Waals surface area contributed by atoms with Crippen LogP contribution < -0.4 is 5.63 Å². The molecule has 0 amide bonds. The number of hydrogen-bond acceptors (Lipinski definition) is 2. The molecule has 70 valence electrons. The Morgan fingerprint density at radius 3 is 2.43 bits per heavy atom.